The number of hydrogen-bond acceptors (Lipinski definition) is 1. The van der Waals surface area contributed by atoms with Crippen LogP contribution in [0, 0.1) is 17.3 Å². The molecule has 0 N–H and O–H groups in total. The van der Waals surface area contributed by atoms with Gasteiger partial charge in [0.25, 0.3) is 0 Å². The Morgan fingerprint density at radius 2 is 2.09 bits per heavy atom. The van der Waals surface area contributed by atoms with Crippen molar-refractivity contribution in [3.05, 3.63) is 0 Å². The molecule has 1 fully saturated rings. The second-order valence-electron chi connectivity index (χ2n) is 4.33. The molecule has 1 heteroatoms. The molecular formula is C10H18O. The van der Waals surface area contributed by atoms with Gasteiger partial charge >= 0.3 is 0 Å². The van der Waals surface area contributed by atoms with Gasteiger partial charge in [0.05, 0.1) is 0 Å². The Morgan fingerprint density at radius 1 is 1.55 bits per heavy atom. The highest BCUT2D eigenvalue weighted by atomic mass is 16.1. The fourth-order valence-electron chi connectivity index (χ4n) is 2.34. The van der Waals surface area contributed by atoms with E-state index in [0.717, 1.165) is 12.8 Å². The smallest absolute Gasteiger partial charge is 0.141 e. The molecule has 11 heavy (non-hydrogen) atoms. The van der Waals surface area contributed by atoms with E-state index in [1.807, 2.05) is 0 Å². The zero-order valence-corrected chi connectivity index (χ0v) is 7.98. The number of ketones is 1. The predicted molar refractivity (Wildman–Crippen MR) is 46.4 cm³/mol. The fraction of sp³-hybridized carbons (Fsp3) is 0.900. The summed E-state index contributed by atoms with van der Waals surface area (Å²) in [4.78, 5) is 11.6. The van der Waals surface area contributed by atoms with Crippen LogP contribution >= 0.6 is 0 Å². The van der Waals surface area contributed by atoms with Crippen LogP contribution in [0.1, 0.15) is 40.5 Å². The molecule has 1 aliphatic carbocycles. The summed E-state index contributed by atoms with van der Waals surface area (Å²) < 4.78 is 0. The lowest BCUT2D eigenvalue weighted by atomic mass is 9.80. The molecule has 2 unspecified atom stereocenters. The van der Waals surface area contributed by atoms with E-state index in [1.165, 1.54) is 0 Å². The predicted octanol–water partition coefficient (Wildman–Crippen LogP) is 2.65. The number of carbonyl (C=O) groups is 1. The highest BCUT2D eigenvalue weighted by Gasteiger charge is 2.44. The third-order valence-corrected chi connectivity index (χ3v) is 3.23. The molecule has 1 aliphatic rings. The van der Waals surface area contributed by atoms with Crippen molar-refractivity contribution in [1.29, 1.82) is 0 Å². The van der Waals surface area contributed by atoms with Crippen LogP contribution in [0.4, 0.5) is 0 Å². The van der Waals surface area contributed by atoms with Crippen molar-refractivity contribution in [3.63, 3.8) is 0 Å². The second-order valence-corrected chi connectivity index (χ2v) is 4.33. The molecule has 0 amide bonds. The Balaban J connectivity index is 2.82. The molecule has 0 aromatic rings. The minimum atomic E-state index is -0.0475. The lowest BCUT2D eigenvalue weighted by Gasteiger charge is -2.23. The molecule has 0 heterocycles. The van der Waals surface area contributed by atoms with Crippen LogP contribution in [0.5, 0.6) is 0 Å². The highest BCUT2D eigenvalue weighted by molar-refractivity contribution is 5.88. The molecule has 0 bridgehead atoms. The first kappa shape index (κ1) is 8.76. The van der Waals surface area contributed by atoms with E-state index >= 15 is 0 Å². The second kappa shape index (κ2) is 2.62. The van der Waals surface area contributed by atoms with E-state index in [4.69, 9.17) is 0 Å². The third-order valence-electron chi connectivity index (χ3n) is 3.23. The maximum absolute atomic E-state index is 11.6. The zero-order valence-electron chi connectivity index (χ0n) is 7.98. The summed E-state index contributed by atoms with van der Waals surface area (Å²) in [5.74, 6) is 1.38. The topological polar surface area (TPSA) is 17.1 Å². The van der Waals surface area contributed by atoms with Gasteiger partial charge in [0.1, 0.15) is 5.78 Å². The summed E-state index contributed by atoms with van der Waals surface area (Å²) in [6.07, 6.45) is 2.24. The standard InChI is InChI=1S/C10H18O/c1-5-8-6-7(2)9(11)10(8,3)4/h7-8H,5-6H2,1-4H3. The minimum absolute atomic E-state index is 0.0475. The molecule has 64 valence electrons. The van der Waals surface area contributed by atoms with Crippen molar-refractivity contribution in [1.82, 2.24) is 0 Å². The molecule has 1 rings (SSSR count). The highest BCUT2D eigenvalue weighted by Crippen LogP contribution is 2.44. The molecule has 1 nitrogen and oxygen atoms in total. The monoisotopic (exact) mass is 154 g/mol. The molecule has 0 aromatic heterocycles. The summed E-state index contributed by atoms with van der Waals surface area (Å²) in [5, 5.41) is 0. The van der Waals surface area contributed by atoms with E-state index in [9.17, 15) is 4.79 Å². The minimum Gasteiger partial charge on any atom is -0.299 e. The number of carbonyl (C=O) groups excluding carboxylic acids is 1. The molecule has 0 spiro atoms. The van der Waals surface area contributed by atoms with Crippen LogP contribution < -0.4 is 0 Å². The zero-order chi connectivity index (χ0) is 8.65. The van der Waals surface area contributed by atoms with E-state index in [-0.39, 0.29) is 5.41 Å². The van der Waals surface area contributed by atoms with Gasteiger partial charge in [-0.25, -0.2) is 0 Å². The first-order valence-corrected chi connectivity index (χ1v) is 4.54. The van der Waals surface area contributed by atoms with E-state index in [2.05, 4.69) is 27.7 Å². The Labute approximate surface area is 69.2 Å². The van der Waals surface area contributed by atoms with Crippen molar-refractivity contribution >= 4 is 5.78 Å². The Bertz CT molecular complexity index is 170. The number of rotatable bonds is 1. The largest absolute Gasteiger partial charge is 0.299 e. The average Bonchev–Trinajstić information content (AvgIpc) is 2.13. The number of Topliss-reactive ketones (excluding diaryl/α,β-unsaturated/α-hetero) is 1. The lowest BCUT2D eigenvalue weighted by Crippen LogP contribution is -2.25. The molecule has 0 saturated heterocycles. The van der Waals surface area contributed by atoms with Gasteiger partial charge < -0.3 is 0 Å². The van der Waals surface area contributed by atoms with Crippen LogP contribution in [-0.2, 0) is 4.79 Å². The van der Waals surface area contributed by atoms with E-state index in [1.54, 1.807) is 0 Å². The molecule has 2 atom stereocenters. The quantitative estimate of drug-likeness (QED) is 0.567. The summed E-state index contributed by atoms with van der Waals surface area (Å²) >= 11 is 0. The van der Waals surface area contributed by atoms with Crippen molar-refractivity contribution in [3.8, 4) is 0 Å². The Morgan fingerprint density at radius 3 is 2.27 bits per heavy atom. The van der Waals surface area contributed by atoms with Crippen molar-refractivity contribution < 1.29 is 4.79 Å². The van der Waals surface area contributed by atoms with Gasteiger partial charge in [0.15, 0.2) is 0 Å². The van der Waals surface area contributed by atoms with Crippen molar-refractivity contribution in [2.45, 2.75) is 40.5 Å². The molecule has 0 radical (unpaired) electrons. The van der Waals surface area contributed by atoms with Crippen molar-refractivity contribution in [2.75, 3.05) is 0 Å². The summed E-state index contributed by atoms with van der Waals surface area (Å²) in [6, 6.07) is 0. The van der Waals surface area contributed by atoms with Crippen LogP contribution in [0.25, 0.3) is 0 Å². The molecular weight excluding hydrogens is 136 g/mol. The third kappa shape index (κ3) is 1.21. The lowest BCUT2D eigenvalue weighted by molar-refractivity contribution is -0.128. The normalized spacial score (nSPS) is 36.2. The van der Waals surface area contributed by atoms with E-state index < -0.39 is 0 Å². The van der Waals surface area contributed by atoms with Gasteiger partial charge in [-0.05, 0) is 12.3 Å². The average molecular weight is 154 g/mol. The summed E-state index contributed by atoms with van der Waals surface area (Å²) in [5.41, 5.74) is -0.0475. The van der Waals surface area contributed by atoms with Crippen LogP contribution in [-0.4, -0.2) is 5.78 Å². The first-order valence-electron chi connectivity index (χ1n) is 4.54. The van der Waals surface area contributed by atoms with Crippen LogP contribution in [0.2, 0.25) is 0 Å². The van der Waals surface area contributed by atoms with E-state index in [0.29, 0.717) is 17.6 Å². The number of hydrogen-bond donors (Lipinski definition) is 0. The molecule has 1 saturated carbocycles. The fourth-order valence-corrected chi connectivity index (χ4v) is 2.34. The molecule has 0 aliphatic heterocycles. The van der Waals surface area contributed by atoms with Crippen molar-refractivity contribution in [2.24, 2.45) is 17.3 Å². The first-order chi connectivity index (χ1) is 5.00. The van der Waals surface area contributed by atoms with Crippen LogP contribution in [0.15, 0.2) is 0 Å². The Kier molecular flexibility index (Phi) is 2.08. The van der Waals surface area contributed by atoms with Gasteiger partial charge in [0.2, 0.25) is 0 Å². The van der Waals surface area contributed by atoms with Gasteiger partial charge in [-0.2, -0.15) is 0 Å². The molecule has 0 aromatic carbocycles. The maximum Gasteiger partial charge on any atom is 0.141 e. The van der Waals surface area contributed by atoms with Crippen LogP contribution in [0.3, 0.4) is 0 Å². The van der Waals surface area contributed by atoms with Gasteiger partial charge in [0, 0.05) is 11.3 Å². The Hall–Kier alpha value is -0.330. The van der Waals surface area contributed by atoms with Gasteiger partial charge in [-0.3, -0.25) is 4.79 Å². The SMILES string of the molecule is CCC1CC(C)C(=O)C1(C)C. The maximum atomic E-state index is 11.6. The van der Waals surface area contributed by atoms with Gasteiger partial charge in [-0.15, -0.1) is 0 Å². The summed E-state index contributed by atoms with van der Waals surface area (Å²) in [6.45, 7) is 8.41. The van der Waals surface area contributed by atoms with Gasteiger partial charge in [-0.1, -0.05) is 34.1 Å². The summed E-state index contributed by atoms with van der Waals surface area (Å²) in [7, 11) is 0.